The van der Waals surface area contributed by atoms with Crippen molar-refractivity contribution in [3.63, 3.8) is 0 Å². The molecule has 0 radical (unpaired) electrons. The lowest BCUT2D eigenvalue weighted by atomic mass is 10.1. The summed E-state index contributed by atoms with van der Waals surface area (Å²) in [6.45, 7) is 1.76. The highest BCUT2D eigenvalue weighted by atomic mass is 32.2. The Morgan fingerprint density at radius 3 is 2.23 bits per heavy atom. The van der Waals surface area contributed by atoms with Crippen molar-refractivity contribution in [2.75, 3.05) is 18.6 Å². The van der Waals surface area contributed by atoms with E-state index in [0.29, 0.717) is 30.8 Å². The van der Waals surface area contributed by atoms with E-state index in [2.05, 4.69) is 25.9 Å². The number of carboxylic acids is 1. The maximum Gasteiger partial charge on any atom is 0.326 e. The molecule has 0 bridgehead atoms. The summed E-state index contributed by atoms with van der Waals surface area (Å²) in [6.07, 6.45) is 5.19. The summed E-state index contributed by atoms with van der Waals surface area (Å²) in [4.78, 5) is 56.8. The van der Waals surface area contributed by atoms with Crippen LogP contribution in [0.25, 0.3) is 0 Å². The van der Waals surface area contributed by atoms with Gasteiger partial charge in [-0.3, -0.25) is 14.4 Å². The molecule has 1 heterocycles. The standard InChI is InChI=1S/C21H37N7O6S/c1-12(29)17(23)20(32)26-14(6-8-35-2)18(30)28-16(9-13-10-24-11-25-13)19(31)27-15(21(33)34)5-3-4-7-22/h10-12,14-17,29H,3-9,22-23H2,1-2H3,(H,24,25)(H,26,32)(H,27,31)(H,28,30)(H,33,34). The number of aliphatic hydroxyl groups is 1. The van der Waals surface area contributed by atoms with Gasteiger partial charge in [0, 0.05) is 18.3 Å². The van der Waals surface area contributed by atoms with E-state index in [-0.39, 0.29) is 19.3 Å². The number of aromatic amines is 1. The Bertz CT molecular complexity index is 808. The molecule has 198 valence electrons. The molecule has 1 aromatic rings. The summed E-state index contributed by atoms with van der Waals surface area (Å²) in [5, 5.41) is 26.7. The van der Waals surface area contributed by atoms with Gasteiger partial charge >= 0.3 is 5.97 Å². The Labute approximate surface area is 208 Å². The largest absolute Gasteiger partial charge is 0.480 e. The molecule has 1 rings (SSSR count). The molecule has 0 spiro atoms. The van der Waals surface area contributed by atoms with Gasteiger partial charge in [0.2, 0.25) is 17.7 Å². The first-order chi connectivity index (χ1) is 16.6. The number of hydrogen-bond acceptors (Lipinski definition) is 9. The number of carbonyl (C=O) groups excluding carboxylic acids is 3. The molecule has 5 atom stereocenters. The van der Waals surface area contributed by atoms with Crippen molar-refractivity contribution in [1.29, 1.82) is 0 Å². The number of imidazole rings is 1. The molecule has 13 nitrogen and oxygen atoms in total. The van der Waals surface area contributed by atoms with E-state index in [9.17, 15) is 29.4 Å². The number of nitrogens with one attached hydrogen (secondary N) is 4. The second-order valence-corrected chi connectivity index (χ2v) is 9.12. The summed E-state index contributed by atoms with van der Waals surface area (Å²) >= 11 is 1.46. The van der Waals surface area contributed by atoms with Gasteiger partial charge in [0.15, 0.2) is 0 Å². The maximum atomic E-state index is 13.1. The smallest absolute Gasteiger partial charge is 0.326 e. The third-order valence-corrected chi connectivity index (χ3v) is 5.88. The number of thioether (sulfide) groups is 1. The summed E-state index contributed by atoms with van der Waals surface area (Å²) in [6, 6.07) is -4.53. The molecule has 0 aliphatic heterocycles. The first-order valence-corrected chi connectivity index (χ1v) is 12.7. The summed E-state index contributed by atoms with van der Waals surface area (Å²) in [5.41, 5.74) is 11.7. The molecule has 3 amide bonds. The number of aliphatic hydroxyl groups excluding tert-OH is 1. The zero-order valence-electron chi connectivity index (χ0n) is 20.0. The Balaban J connectivity index is 3.02. The summed E-state index contributed by atoms with van der Waals surface area (Å²) in [5.74, 6) is -2.70. The predicted octanol–water partition coefficient (Wildman–Crippen LogP) is -1.92. The summed E-state index contributed by atoms with van der Waals surface area (Å²) < 4.78 is 0. The fourth-order valence-corrected chi connectivity index (χ4v) is 3.58. The average Bonchev–Trinajstić information content (AvgIpc) is 3.32. The molecular weight excluding hydrogens is 478 g/mol. The van der Waals surface area contributed by atoms with Crippen molar-refractivity contribution < 1.29 is 29.4 Å². The SMILES string of the molecule is CSCCC(NC(=O)C(N)C(C)O)C(=O)NC(Cc1cnc[nH]1)C(=O)NC(CCCCN)C(=O)O. The molecule has 0 aliphatic rings. The van der Waals surface area contributed by atoms with Crippen LogP contribution in [0, 0.1) is 0 Å². The maximum absolute atomic E-state index is 13.1. The van der Waals surface area contributed by atoms with Crippen LogP contribution in [0.4, 0.5) is 0 Å². The minimum atomic E-state index is -1.23. The Kier molecular flexibility index (Phi) is 13.9. The molecular formula is C21H37N7O6S. The Morgan fingerprint density at radius 2 is 1.69 bits per heavy atom. The van der Waals surface area contributed by atoms with E-state index >= 15 is 0 Å². The van der Waals surface area contributed by atoms with Gasteiger partial charge in [0.1, 0.15) is 24.2 Å². The Hall–Kier alpha value is -2.68. The average molecular weight is 516 g/mol. The third kappa shape index (κ3) is 11.1. The minimum Gasteiger partial charge on any atom is -0.480 e. The number of amides is 3. The van der Waals surface area contributed by atoms with E-state index in [4.69, 9.17) is 11.5 Å². The van der Waals surface area contributed by atoms with Crippen molar-refractivity contribution >= 4 is 35.5 Å². The fraction of sp³-hybridized carbons (Fsp3) is 0.667. The number of carboxylic acid groups (broad SMARTS) is 1. The van der Waals surface area contributed by atoms with Gasteiger partial charge in [-0.15, -0.1) is 0 Å². The number of hydrogen-bond donors (Lipinski definition) is 8. The lowest BCUT2D eigenvalue weighted by Crippen LogP contribution is -2.58. The van der Waals surface area contributed by atoms with E-state index in [1.807, 2.05) is 6.26 Å². The first kappa shape index (κ1) is 30.4. The molecule has 0 saturated carbocycles. The van der Waals surface area contributed by atoms with Crippen LogP contribution >= 0.6 is 11.8 Å². The second-order valence-electron chi connectivity index (χ2n) is 8.14. The molecule has 0 aliphatic carbocycles. The van der Waals surface area contributed by atoms with Gasteiger partial charge in [-0.25, -0.2) is 9.78 Å². The molecule has 5 unspecified atom stereocenters. The number of aromatic nitrogens is 2. The van der Waals surface area contributed by atoms with Gasteiger partial charge in [0.05, 0.1) is 12.4 Å². The number of nitrogens with two attached hydrogens (primary N) is 2. The van der Waals surface area contributed by atoms with Gasteiger partial charge in [-0.2, -0.15) is 11.8 Å². The number of nitrogens with zero attached hydrogens (tertiary/aromatic N) is 1. The number of carbonyl (C=O) groups is 4. The lowest BCUT2D eigenvalue weighted by Gasteiger charge is -2.25. The van der Waals surface area contributed by atoms with Gasteiger partial charge in [0.25, 0.3) is 0 Å². The number of H-pyrrole nitrogens is 1. The van der Waals surface area contributed by atoms with E-state index in [1.165, 1.54) is 31.2 Å². The quantitative estimate of drug-likeness (QED) is 0.107. The van der Waals surface area contributed by atoms with Crippen LogP contribution in [-0.2, 0) is 25.6 Å². The molecule has 0 saturated heterocycles. The van der Waals surface area contributed by atoms with Crippen LogP contribution in [-0.4, -0.2) is 92.7 Å². The molecule has 0 aromatic carbocycles. The van der Waals surface area contributed by atoms with Crippen LogP contribution in [0.3, 0.4) is 0 Å². The highest BCUT2D eigenvalue weighted by Gasteiger charge is 2.31. The van der Waals surface area contributed by atoms with E-state index in [0.717, 1.165) is 0 Å². The number of aliphatic carboxylic acids is 1. The van der Waals surface area contributed by atoms with Gasteiger partial charge in [-0.1, -0.05) is 0 Å². The van der Waals surface area contributed by atoms with Gasteiger partial charge in [-0.05, 0) is 51.2 Å². The predicted molar refractivity (Wildman–Crippen MR) is 131 cm³/mol. The van der Waals surface area contributed by atoms with Crippen molar-refractivity contribution in [2.24, 2.45) is 11.5 Å². The van der Waals surface area contributed by atoms with Crippen molar-refractivity contribution in [1.82, 2.24) is 25.9 Å². The lowest BCUT2D eigenvalue weighted by molar-refractivity contribution is -0.142. The monoisotopic (exact) mass is 515 g/mol. The normalized spacial score (nSPS) is 15.3. The highest BCUT2D eigenvalue weighted by Crippen LogP contribution is 2.07. The number of unbranched alkanes of at least 4 members (excludes halogenated alkanes) is 1. The van der Waals surface area contributed by atoms with Crippen LogP contribution in [0.15, 0.2) is 12.5 Å². The fourth-order valence-electron chi connectivity index (χ4n) is 3.11. The van der Waals surface area contributed by atoms with E-state index in [1.54, 1.807) is 0 Å². The first-order valence-electron chi connectivity index (χ1n) is 11.3. The highest BCUT2D eigenvalue weighted by molar-refractivity contribution is 7.98. The molecule has 0 fully saturated rings. The topological polar surface area (TPSA) is 226 Å². The number of rotatable bonds is 17. The van der Waals surface area contributed by atoms with Crippen LogP contribution in [0.2, 0.25) is 0 Å². The van der Waals surface area contributed by atoms with Crippen LogP contribution in [0.1, 0.15) is 38.3 Å². The van der Waals surface area contributed by atoms with Crippen molar-refractivity contribution in [3.05, 3.63) is 18.2 Å². The summed E-state index contributed by atoms with van der Waals surface area (Å²) in [7, 11) is 0. The Morgan fingerprint density at radius 1 is 1.06 bits per heavy atom. The van der Waals surface area contributed by atoms with Crippen molar-refractivity contribution in [3.8, 4) is 0 Å². The zero-order valence-corrected chi connectivity index (χ0v) is 20.8. The second kappa shape index (κ2) is 16.1. The molecule has 1 aromatic heterocycles. The third-order valence-electron chi connectivity index (χ3n) is 5.24. The van der Waals surface area contributed by atoms with Crippen LogP contribution in [0.5, 0.6) is 0 Å². The molecule has 35 heavy (non-hydrogen) atoms. The zero-order chi connectivity index (χ0) is 26.4. The minimum absolute atomic E-state index is 0.0170. The van der Waals surface area contributed by atoms with Gasteiger partial charge < -0.3 is 42.6 Å². The molecule has 10 N–H and O–H groups in total. The van der Waals surface area contributed by atoms with Crippen molar-refractivity contribution in [2.45, 2.75) is 69.3 Å². The van der Waals surface area contributed by atoms with E-state index < -0.39 is 54.0 Å². The van der Waals surface area contributed by atoms with Crippen LogP contribution < -0.4 is 27.4 Å². The molecule has 14 heteroatoms.